The molecule has 0 fully saturated rings. The van der Waals surface area contributed by atoms with Gasteiger partial charge in [0.25, 0.3) is 5.91 Å². The maximum atomic E-state index is 13.0. The number of amidine groups is 1. The van der Waals surface area contributed by atoms with Crippen molar-refractivity contribution in [2.24, 2.45) is 5.10 Å². The van der Waals surface area contributed by atoms with Gasteiger partial charge in [0.1, 0.15) is 5.82 Å². The quantitative estimate of drug-likeness (QED) is 0.881. The van der Waals surface area contributed by atoms with Crippen molar-refractivity contribution in [2.75, 3.05) is 24.7 Å². The highest BCUT2D eigenvalue weighted by molar-refractivity contribution is 8.14. The van der Waals surface area contributed by atoms with Crippen molar-refractivity contribution in [3.05, 3.63) is 42.5 Å². The van der Waals surface area contributed by atoms with Gasteiger partial charge in [-0.05, 0) is 24.3 Å². The molecule has 24 heavy (non-hydrogen) atoms. The average molecular weight is 349 g/mol. The number of anilines is 1. The molecule has 7 nitrogen and oxygen atoms in total. The molecule has 1 aromatic rings. The lowest BCUT2D eigenvalue weighted by atomic mass is 10.2. The number of nitrogens with zero attached hydrogens (tertiary/aromatic N) is 4. The lowest BCUT2D eigenvalue weighted by Crippen LogP contribution is -2.52. The molecule has 1 N–H and O–H groups in total. The largest absolute Gasteiger partial charge is 0.348 e. The summed E-state index contributed by atoms with van der Waals surface area (Å²) in [5.74, 6) is -0.394. The summed E-state index contributed by atoms with van der Waals surface area (Å²) in [6.07, 6.45) is 2.64. The van der Waals surface area contributed by atoms with Crippen LogP contribution in [-0.4, -0.2) is 52.8 Å². The topological polar surface area (TPSA) is 68.2 Å². The third kappa shape index (κ3) is 3.07. The minimum atomic E-state index is -0.669. The predicted molar refractivity (Wildman–Crippen MR) is 90.4 cm³/mol. The summed E-state index contributed by atoms with van der Waals surface area (Å²) in [7, 11) is 3.37. The zero-order chi connectivity index (χ0) is 17.3. The van der Waals surface area contributed by atoms with Crippen molar-refractivity contribution in [3.8, 4) is 0 Å². The minimum Gasteiger partial charge on any atom is -0.348 e. The van der Waals surface area contributed by atoms with Crippen molar-refractivity contribution in [3.63, 3.8) is 0 Å². The molecule has 0 saturated carbocycles. The molecule has 0 radical (unpaired) electrons. The number of amides is 2. The first kappa shape index (κ1) is 16.3. The summed E-state index contributed by atoms with van der Waals surface area (Å²) in [6.45, 7) is 0. The molecule has 1 unspecified atom stereocenters. The molecule has 0 bridgehead atoms. The van der Waals surface area contributed by atoms with Crippen LogP contribution in [0, 0.1) is 5.82 Å². The van der Waals surface area contributed by atoms with E-state index in [9.17, 15) is 14.0 Å². The highest BCUT2D eigenvalue weighted by Crippen LogP contribution is 2.25. The van der Waals surface area contributed by atoms with Gasteiger partial charge in [0.2, 0.25) is 12.1 Å². The second kappa shape index (κ2) is 6.52. The number of nitrogens with one attached hydrogen (secondary N) is 1. The van der Waals surface area contributed by atoms with Gasteiger partial charge in [-0.3, -0.25) is 24.8 Å². The van der Waals surface area contributed by atoms with E-state index in [4.69, 9.17) is 0 Å². The molecule has 1 aromatic carbocycles. The molecule has 3 rings (SSSR count). The van der Waals surface area contributed by atoms with E-state index in [1.165, 1.54) is 45.8 Å². The molecule has 0 aliphatic carbocycles. The van der Waals surface area contributed by atoms with Crippen LogP contribution in [0.2, 0.25) is 0 Å². The number of thioether (sulfide) groups is 1. The van der Waals surface area contributed by atoms with Gasteiger partial charge in [-0.25, -0.2) is 4.39 Å². The first-order valence-electron chi connectivity index (χ1n) is 7.19. The number of hydrogen-bond acceptors (Lipinski definition) is 6. The van der Waals surface area contributed by atoms with E-state index in [-0.39, 0.29) is 23.4 Å². The lowest BCUT2D eigenvalue weighted by molar-refractivity contribution is -0.126. The Hall–Kier alpha value is -2.55. The Morgan fingerprint density at radius 1 is 1.33 bits per heavy atom. The molecule has 0 spiro atoms. The average Bonchev–Trinajstić information content (AvgIpc) is 2.98. The number of rotatable bonds is 3. The molecule has 2 aliphatic heterocycles. The lowest BCUT2D eigenvalue weighted by Gasteiger charge is -2.31. The van der Waals surface area contributed by atoms with Crippen LogP contribution in [-0.2, 0) is 9.59 Å². The molecule has 2 aliphatic rings. The number of halogens is 1. The predicted octanol–water partition coefficient (Wildman–Crippen LogP) is 0.967. The smallest absolute Gasteiger partial charge is 0.276 e. The van der Waals surface area contributed by atoms with E-state index in [1.54, 1.807) is 31.4 Å². The van der Waals surface area contributed by atoms with Gasteiger partial charge in [-0.1, -0.05) is 11.8 Å². The fraction of sp³-hybridized carbons (Fsp3) is 0.267. The SMILES string of the molecule is CN(C)C(=O)CSC1=NNC2C(=O)N(c3ccc(F)cc3)C=CN12. The van der Waals surface area contributed by atoms with Crippen LogP contribution < -0.4 is 10.3 Å². The highest BCUT2D eigenvalue weighted by atomic mass is 32.2. The second-order valence-corrected chi connectivity index (χ2v) is 6.34. The van der Waals surface area contributed by atoms with E-state index in [0.29, 0.717) is 10.9 Å². The van der Waals surface area contributed by atoms with Crippen molar-refractivity contribution < 1.29 is 14.0 Å². The van der Waals surface area contributed by atoms with Crippen molar-refractivity contribution in [1.29, 1.82) is 0 Å². The summed E-state index contributed by atoms with van der Waals surface area (Å²) >= 11 is 1.26. The summed E-state index contributed by atoms with van der Waals surface area (Å²) < 4.78 is 13.0. The van der Waals surface area contributed by atoms with E-state index in [1.807, 2.05) is 0 Å². The molecule has 1 atom stereocenters. The van der Waals surface area contributed by atoms with Crippen LogP contribution in [0.15, 0.2) is 41.8 Å². The fourth-order valence-corrected chi connectivity index (χ4v) is 3.14. The Kier molecular flexibility index (Phi) is 4.43. The molecule has 9 heteroatoms. The summed E-state index contributed by atoms with van der Waals surface area (Å²) in [4.78, 5) is 28.9. The van der Waals surface area contributed by atoms with E-state index in [0.717, 1.165) is 0 Å². The summed E-state index contributed by atoms with van der Waals surface area (Å²) in [5.41, 5.74) is 3.35. The Labute approximate surface area is 142 Å². The Balaban J connectivity index is 1.71. The van der Waals surface area contributed by atoms with Crippen LogP contribution in [0.3, 0.4) is 0 Å². The van der Waals surface area contributed by atoms with Gasteiger partial charge >= 0.3 is 0 Å². The molecule has 2 amide bonds. The monoisotopic (exact) mass is 349 g/mol. The standard InChI is InChI=1S/C15H16FN5O2S/c1-19(2)12(22)9-24-15-18-17-13-14(23)20(7-8-21(13)15)11-5-3-10(16)4-6-11/h3-8,13,17H,9H2,1-2H3. The maximum absolute atomic E-state index is 13.0. The van der Waals surface area contributed by atoms with Crippen LogP contribution >= 0.6 is 11.8 Å². The van der Waals surface area contributed by atoms with Gasteiger partial charge in [-0.2, -0.15) is 5.10 Å². The van der Waals surface area contributed by atoms with Crippen molar-refractivity contribution in [2.45, 2.75) is 6.17 Å². The summed E-state index contributed by atoms with van der Waals surface area (Å²) in [5, 5.41) is 4.68. The summed E-state index contributed by atoms with van der Waals surface area (Å²) in [6, 6.07) is 5.67. The van der Waals surface area contributed by atoms with Crippen LogP contribution in [0.1, 0.15) is 0 Å². The van der Waals surface area contributed by atoms with E-state index >= 15 is 0 Å². The van der Waals surface area contributed by atoms with E-state index < -0.39 is 6.17 Å². The van der Waals surface area contributed by atoms with Gasteiger partial charge in [0, 0.05) is 32.2 Å². The number of hydrogen-bond donors (Lipinski definition) is 1. The number of fused-ring (bicyclic) bond motifs is 1. The molecule has 2 heterocycles. The van der Waals surface area contributed by atoms with Gasteiger partial charge in [-0.15, -0.1) is 0 Å². The van der Waals surface area contributed by atoms with Gasteiger partial charge < -0.3 is 4.90 Å². The Morgan fingerprint density at radius 2 is 2.04 bits per heavy atom. The van der Waals surface area contributed by atoms with Crippen molar-refractivity contribution in [1.82, 2.24) is 15.2 Å². The third-order valence-corrected chi connectivity index (χ3v) is 4.51. The number of carbonyl (C=O) groups excluding carboxylic acids is 2. The van der Waals surface area contributed by atoms with Crippen LogP contribution in [0.4, 0.5) is 10.1 Å². The fourth-order valence-electron chi connectivity index (χ4n) is 2.19. The minimum absolute atomic E-state index is 0.0357. The van der Waals surface area contributed by atoms with Gasteiger partial charge in [0.15, 0.2) is 5.17 Å². The van der Waals surface area contributed by atoms with Crippen LogP contribution in [0.25, 0.3) is 0 Å². The van der Waals surface area contributed by atoms with Crippen molar-refractivity contribution >= 4 is 34.4 Å². The molecule has 126 valence electrons. The first-order valence-corrected chi connectivity index (χ1v) is 8.17. The zero-order valence-electron chi connectivity index (χ0n) is 13.1. The third-order valence-electron chi connectivity index (χ3n) is 3.56. The number of carbonyl (C=O) groups is 2. The molecule has 0 aromatic heterocycles. The zero-order valence-corrected chi connectivity index (χ0v) is 14.0. The second-order valence-electron chi connectivity index (χ2n) is 5.39. The normalized spacial score (nSPS) is 19.0. The first-order chi connectivity index (χ1) is 11.5. The maximum Gasteiger partial charge on any atom is 0.276 e. The Morgan fingerprint density at radius 3 is 2.71 bits per heavy atom. The van der Waals surface area contributed by atoms with Crippen LogP contribution in [0.5, 0.6) is 0 Å². The highest BCUT2D eigenvalue weighted by Gasteiger charge is 2.38. The number of hydrazone groups is 1. The van der Waals surface area contributed by atoms with E-state index in [2.05, 4.69) is 10.5 Å². The Bertz CT molecular complexity index is 719. The van der Waals surface area contributed by atoms with Gasteiger partial charge in [0.05, 0.1) is 5.75 Å². The molecular formula is C15H16FN5O2S. The molecular weight excluding hydrogens is 333 g/mol. The molecule has 0 saturated heterocycles. The number of benzene rings is 1.